The van der Waals surface area contributed by atoms with Gasteiger partial charge < -0.3 is 10.2 Å². The third-order valence-electron chi connectivity index (χ3n) is 2.18. The molecule has 7 nitrogen and oxygen atoms in total. The SMILES string of the molecule is O=C(NCc1nn[nH]n1)N1CCCC1. The molecule has 1 aliphatic rings. The summed E-state index contributed by atoms with van der Waals surface area (Å²) in [6.45, 7) is 2.02. The molecule has 0 saturated carbocycles. The second-order valence-corrected chi connectivity index (χ2v) is 3.18. The minimum absolute atomic E-state index is 0.0488. The van der Waals surface area contributed by atoms with Gasteiger partial charge in [0.15, 0.2) is 5.82 Å². The number of rotatable bonds is 2. The molecule has 0 atom stereocenters. The lowest BCUT2D eigenvalue weighted by molar-refractivity contribution is 0.208. The predicted molar refractivity (Wildman–Crippen MR) is 47.2 cm³/mol. The van der Waals surface area contributed by atoms with Crippen molar-refractivity contribution in [1.29, 1.82) is 0 Å². The van der Waals surface area contributed by atoms with Gasteiger partial charge in [0.2, 0.25) is 0 Å². The number of tetrazole rings is 1. The van der Waals surface area contributed by atoms with Crippen LogP contribution in [0.15, 0.2) is 0 Å². The van der Waals surface area contributed by atoms with Crippen molar-refractivity contribution >= 4 is 6.03 Å². The molecule has 2 N–H and O–H groups in total. The molecule has 14 heavy (non-hydrogen) atoms. The molecule has 1 aromatic rings. The maximum Gasteiger partial charge on any atom is 0.317 e. The summed E-state index contributed by atoms with van der Waals surface area (Å²) in [5, 5.41) is 15.9. The zero-order valence-electron chi connectivity index (χ0n) is 7.73. The molecule has 0 bridgehead atoms. The van der Waals surface area contributed by atoms with Crippen molar-refractivity contribution in [2.75, 3.05) is 13.1 Å². The molecule has 1 aliphatic heterocycles. The van der Waals surface area contributed by atoms with Crippen LogP contribution >= 0.6 is 0 Å². The zero-order valence-corrected chi connectivity index (χ0v) is 7.73. The number of aromatic amines is 1. The predicted octanol–water partition coefficient (Wildman–Crippen LogP) is -0.495. The van der Waals surface area contributed by atoms with E-state index in [0.717, 1.165) is 25.9 Å². The Morgan fingerprint density at radius 2 is 2.29 bits per heavy atom. The number of hydrogen-bond donors (Lipinski definition) is 2. The van der Waals surface area contributed by atoms with E-state index in [1.54, 1.807) is 4.90 Å². The molecule has 2 amide bonds. The minimum Gasteiger partial charge on any atom is -0.331 e. The Balaban J connectivity index is 1.77. The summed E-state index contributed by atoms with van der Waals surface area (Å²) in [6, 6.07) is -0.0488. The standard InChI is InChI=1S/C7H12N6O/c14-7(13-3-1-2-4-13)8-5-6-9-11-12-10-6/h1-5H2,(H,8,14)(H,9,10,11,12). The smallest absolute Gasteiger partial charge is 0.317 e. The van der Waals surface area contributed by atoms with Crippen molar-refractivity contribution in [2.24, 2.45) is 0 Å². The van der Waals surface area contributed by atoms with Crippen LogP contribution < -0.4 is 5.32 Å². The first-order valence-corrected chi connectivity index (χ1v) is 4.61. The topological polar surface area (TPSA) is 86.8 Å². The van der Waals surface area contributed by atoms with Crippen LogP contribution in [-0.2, 0) is 6.54 Å². The molecule has 7 heteroatoms. The fraction of sp³-hybridized carbons (Fsp3) is 0.714. The number of aromatic nitrogens is 4. The van der Waals surface area contributed by atoms with Crippen LogP contribution in [0, 0.1) is 0 Å². The van der Waals surface area contributed by atoms with Crippen LogP contribution in [0.2, 0.25) is 0 Å². The van der Waals surface area contributed by atoms with E-state index in [9.17, 15) is 4.79 Å². The average molecular weight is 196 g/mol. The van der Waals surface area contributed by atoms with Gasteiger partial charge in [0.25, 0.3) is 0 Å². The van der Waals surface area contributed by atoms with Crippen molar-refractivity contribution in [3.63, 3.8) is 0 Å². The quantitative estimate of drug-likeness (QED) is 0.668. The maximum atomic E-state index is 11.5. The molecule has 0 spiro atoms. The van der Waals surface area contributed by atoms with Gasteiger partial charge in [0.1, 0.15) is 0 Å². The number of carbonyl (C=O) groups excluding carboxylic acids is 1. The lowest BCUT2D eigenvalue weighted by Gasteiger charge is -2.14. The first-order valence-electron chi connectivity index (χ1n) is 4.61. The number of urea groups is 1. The van der Waals surface area contributed by atoms with Crippen molar-refractivity contribution in [2.45, 2.75) is 19.4 Å². The molecule has 0 unspecified atom stereocenters. The summed E-state index contributed by atoms with van der Waals surface area (Å²) in [5.41, 5.74) is 0. The molecule has 0 radical (unpaired) electrons. The van der Waals surface area contributed by atoms with Gasteiger partial charge in [0, 0.05) is 13.1 Å². The second-order valence-electron chi connectivity index (χ2n) is 3.18. The van der Waals surface area contributed by atoms with Crippen LogP contribution in [0.4, 0.5) is 4.79 Å². The highest BCUT2D eigenvalue weighted by atomic mass is 16.2. The Morgan fingerprint density at radius 3 is 2.93 bits per heavy atom. The summed E-state index contributed by atoms with van der Waals surface area (Å²) >= 11 is 0. The molecule has 1 fully saturated rings. The molecular formula is C7H12N6O. The van der Waals surface area contributed by atoms with Gasteiger partial charge >= 0.3 is 6.03 Å². The Morgan fingerprint density at radius 1 is 1.50 bits per heavy atom. The number of likely N-dealkylation sites (tertiary alicyclic amines) is 1. The van der Waals surface area contributed by atoms with Gasteiger partial charge in [0.05, 0.1) is 6.54 Å². The summed E-state index contributed by atoms with van der Waals surface area (Å²) < 4.78 is 0. The molecule has 1 aromatic heterocycles. The summed E-state index contributed by atoms with van der Waals surface area (Å²) in [6.07, 6.45) is 2.19. The van der Waals surface area contributed by atoms with Gasteiger partial charge in [-0.2, -0.15) is 5.21 Å². The third-order valence-corrected chi connectivity index (χ3v) is 2.18. The van der Waals surface area contributed by atoms with Crippen molar-refractivity contribution in [3.8, 4) is 0 Å². The van der Waals surface area contributed by atoms with Crippen LogP contribution in [0.1, 0.15) is 18.7 Å². The van der Waals surface area contributed by atoms with Gasteiger partial charge in [-0.05, 0) is 12.8 Å². The molecule has 2 rings (SSSR count). The zero-order chi connectivity index (χ0) is 9.80. The largest absolute Gasteiger partial charge is 0.331 e. The number of nitrogens with zero attached hydrogens (tertiary/aromatic N) is 4. The second kappa shape index (κ2) is 4.03. The maximum absolute atomic E-state index is 11.5. The number of hydrogen-bond acceptors (Lipinski definition) is 4. The first kappa shape index (κ1) is 8.92. The first-order chi connectivity index (χ1) is 6.86. The molecule has 2 heterocycles. The van der Waals surface area contributed by atoms with E-state index in [4.69, 9.17) is 0 Å². The highest BCUT2D eigenvalue weighted by molar-refractivity contribution is 5.74. The van der Waals surface area contributed by atoms with Crippen molar-refractivity contribution in [3.05, 3.63) is 5.82 Å². The monoisotopic (exact) mass is 196 g/mol. The average Bonchev–Trinajstić information content (AvgIpc) is 2.87. The van der Waals surface area contributed by atoms with Crippen LogP contribution in [-0.4, -0.2) is 44.6 Å². The Hall–Kier alpha value is -1.66. The van der Waals surface area contributed by atoms with Crippen LogP contribution in [0.5, 0.6) is 0 Å². The van der Waals surface area contributed by atoms with Crippen molar-refractivity contribution in [1.82, 2.24) is 30.8 Å². The Kier molecular flexibility index (Phi) is 2.57. The van der Waals surface area contributed by atoms with E-state index in [2.05, 4.69) is 25.9 Å². The number of nitrogens with one attached hydrogen (secondary N) is 2. The van der Waals surface area contributed by atoms with Crippen molar-refractivity contribution < 1.29 is 4.79 Å². The molecule has 0 aliphatic carbocycles. The van der Waals surface area contributed by atoms with Gasteiger partial charge in [-0.15, -0.1) is 10.2 Å². The van der Waals surface area contributed by atoms with E-state index >= 15 is 0 Å². The molecule has 1 saturated heterocycles. The van der Waals surface area contributed by atoms with E-state index in [1.807, 2.05) is 0 Å². The van der Waals surface area contributed by atoms with Crippen LogP contribution in [0.3, 0.4) is 0 Å². The van der Waals surface area contributed by atoms with E-state index < -0.39 is 0 Å². The third kappa shape index (κ3) is 1.98. The normalized spacial score (nSPS) is 15.9. The molecular weight excluding hydrogens is 184 g/mol. The lowest BCUT2D eigenvalue weighted by atomic mass is 10.4. The minimum atomic E-state index is -0.0488. The number of carbonyl (C=O) groups is 1. The Labute approximate surface area is 80.9 Å². The summed E-state index contributed by atoms with van der Waals surface area (Å²) in [5.74, 6) is 0.498. The molecule has 0 aromatic carbocycles. The van der Waals surface area contributed by atoms with Gasteiger partial charge in [-0.3, -0.25) is 0 Å². The Bertz CT molecular complexity index is 291. The van der Waals surface area contributed by atoms with Gasteiger partial charge in [-0.1, -0.05) is 5.21 Å². The van der Waals surface area contributed by atoms with Crippen LogP contribution in [0.25, 0.3) is 0 Å². The summed E-state index contributed by atoms with van der Waals surface area (Å²) in [4.78, 5) is 13.3. The summed E-state index contributed by atoms with van der Waals surface area (Å²) in [7, 11) is 0. The highest BCUT2D eigenvalue weighted by Gasteiger charge is 2.17. The van der Waals surface area contributed by atoms with E-state index in [0.29, 0.717) is 12.4 Å². The fourth-order valence-electron chi connectivity index (χ4n) is 1.44. The van der Waals surface area contributed by atoms with E-state index in [-0.39, 0.29) is 6.03 Å². The lowest BCUT2D eigenvalue weighted by Crippen LogP contribution is -2.37. The van der Waals surface area contributed by atoms with E-state index in [1.165, 1.54) is 0 Å². The number of H-pyrrole nitrogens is 1. The fourth-order valence-corrected chi connectivity index (χ4v) is 1.44. The van der Waals surface area contributed by atoms with Gasteiger partial charge in [-0.25, -0.2) is 4.79 Å². The highest BCUT2D eigenvalue weighted by Crippen LogP contribution is 2.06. The molecule has 76 valence electrons. The number of amides is 2.